The molecule has 1 aromatic rings. The van der Waals surface area contributed by atoms with Crippen LogP contribution in [0, 0.1) is 11.8 Å². The van der Waals surface area contributed by atoms with Crippen molar-refractivity contribution in [1.29, 1.82) is 0 Å². The van der Waals surface area contributed by atoms with Crippen molar-refractivity contribution in [1.82, 2.24) is 10.3 Å². The molecule has 3 N–H and O–H groups in total. The molecule has 4 heteroatoms. The van der Waals surface area contributed by atoms with Crippen molar-refractivity contribution >= 4 is 5.91 Å². The maximum Gasteiger partial charge on any atom is 0.223 e. The van der Waals surface area contributed by atoms with E-state index in [9.17, 15) is 4.79 Å². The first-order chi connectivity index (χ1) is 8.72. The molecule has 0 saturated heterocycles. The Bertz CT molecular complexity index is 393. The van der Waals surface area contributed by atoms with Crippen molar-refractivity contribution in [3.8, 4) is 0 Å². The van der Waals surface area contributed by atoms with Crippen LogP contribution in [0.4, 0.5) is 0 Å². The van der Waals surface area contributed by atoms with Gasteiger partial charge in [-0.2, -0.15) is 0 Å². The van der Waals surface area contributed by atoms with Gasteiger partial charge in [-0.05, 0) is 44.4 Å². The Morgan fingerprint density at radius 2 is 2.39 bits per heavy atom. The lowest BCUT2D eigenvalue weighted by Crippen LogP contribution is -2.36. The van der Waals surface area contributed by atoms with Crippen molar-refractivity contribution in [2.75, 3.05) is 6.54 Å². The van der Waals surface area contributed by atoms with E-state index in [0.29, 0.717) is 12.5 Å². The van der Waals surface area contributed by atoms with Gasteiger partial charge in [0.1, 0.15) is 0 Å². The van der Waals surface area contributed by atoms with Crippen molar-refractivity contribution in [3.63, 3.8) is 0 Å². The minimum atomic E-state index is -0.0438. The van der Waals surface area contributed by atoms with E-state index in [-0.39, 0.29) is 17.9 Å². The lowest BCUT2D eigenvalue weighted by Gasteiger charge is -2.20. The second-order valence-electron chi connectivity index (χ2n) is 5.02. The quantitative estimate of drug-likeness (QED) is 0.849. The van der Waals surface area contributed by atoms with Gasteiger partial charge < -0.3 is 11.1 Å². The zero-order chi connectivity index (χ0) is 13.0. The number of nitrogens with two attached hydrogens (primary N) is 1. The molecule has 1 aliphatic rings. The molecular weight excluding hydrogens is 226 g/mol. The monoisotopic (exact) mass is 247 g/mol. The average molecular weight is 247 g/mol. The van der Waals surface area contributed by atoms with Crippen LogP contribution in [0.5, 0.6) is 0 Å². The van der Waals surface area contributed by atoms with Crippen LogP contribution in [-0.4, -0.2) is 17.4 Å². The summed E-state index contributed by atoms with van der Waals surface area (Å²) in [7, 11) is 0. The van der Waals surface area contributed by atoms with Crippen LogP contribution in [0.1, 0.15) is 37.9 Å². The summed E-state index contributed by atoms with van der Waals surface area (Å²) in [6.45, 7) is 2.57. The minimum Gasteiger partial charge on any atom is -0.348 e. The number of carbonyl (C=O) groups excluding carboxylic acids is 1. The Morgan fingerprint density at radius 1 is 1.56 bits per heavy atom. The van der Waals surface area contributed by atoms with Crippen LogP contribution in [-0.2, 0) is 4.79 Å². The minimum absolute atomic E-state index is 0.0438. The fourth-order valence-corrected chi connectivity index (χ4v) is 2.69. The fourth-order valence-electron chi connectivity index (χ4n) is 2.69. The van der Waals surface area contributed by atoms with Crippen LogP contribution >= 0.6 is 0 Å². The van der Waals surface area contributed by atoms with E-state index in [1.807, 2.05) is 25.1 Å². The first kappa shape index (κ1) is 13.0. The van der Waals surface area contributed by atoms with E-state index in [1.54, 1.807) is 6.20 Å². The molecule has 0 radical (unpaired) electrons. The SMILES string of the molecule is C[C@H](NC(=O)C1CCCC1CN)c1ccccn1. The van der Waals surface area contributed by atoms with E-state index < -0.39 is 0 Å². The molecular formula is C14H21N3O. The van der Waals surface area contributed by atoms with Crippen LogP contribution in [0.25, 0.3) is 0 Å². The molecule has 4 nitrogen and oxygen atoms in total. The molecule has 1 aromatic heterocycles. The van der Waals surface area contributed by atoms with Crippen LogP contribution in [0.2, 0.25) is 0 Å². The molecule has 0 aliphatic heterocycles. The number of pyridine rings is 1. The fraction of sp³-hybridized carbons (Fsp3) is 0.571. The highest BCUT2D eigenvalue weighted by Gasteiger charge is 2.32. The zero-order valence-corrected chi connectivity index (χ0v) is 10.8. The number of hydrogen-bond donors (Lipinski definition) is 2. The molecule has 1 amide bonds. The highest BCUT2D eigenvalue weighted by atomic mass is 16.2. The van der Waals surface area contributed by atoms with Gasteiger partial charge >= 0.3 is 0 Å². The van der Waals surface area contributed by atoms with Gasteiger partial charge in [0.15, 0.2) is 0 Å². The molecule has 0 spiro atoms. The molecule has 1 fully saturated rings. The van der Waals surface area contributed by atoms with E-state index in [0.717, 1.165) is 25.0 Å². The van der Waals surface area contributed by atoms with E-state index in [1.165, 1.54) is 0 Å². The Kier molecular flexibility index (Phi) is 4.31. The van der Waals surface area contributed by atoms with Gasteiger partial charge in [0.05, 0.1) is 11.7 Å². The van der Waals surface area contributed by atoms with Crippen molar-refractivity contribution in [3.05, 3.63) is 30.1 Å². The van der Waals surface area contributed by atoms with Crippen molar-refractivity contribution < 1.29 is 4.79 Å². The Morgan fingerprint density at radius 3 is 3.06 bits per heavy atom. The van der Waals surface area contributed by atoms with Gasteiger partial charge in [0.25, 0.3) is 0 Å². The highest BCUT2D eigenvalue weighted by Crippen LogP contribution is 2.31. The summed E-state index contributed by atoms with van der Waals surface area (Å²) in [6.07, 6.45) is 4.89. The summed E-state index contributed by atoms with van der Waals surface area (Å²) in [4.78, 5) is 16.5. The molecule has 2 rings (SSSR count). The second kappa shape index (κ2) is 5.96. The average Bonchev–Trinajstić information content (AvgIpc) is 2.88. The third-order valence-electron chi connectivity index (χ3n) is 3.79. The zero-order valence-electron chi connectivity index (χ0n) is 10.8. The number of nitrogens with zero attached hydrogens (tertiary/aromatic N) is 1. The number of hydrogen-bond acceptors (Lipinski definition) is 3. The lowest BCUT2D eigenvalue weighted by molar-refractivity contribution is -0.126. The predicted octanol–water partition coefficient (Wildman–Crippen LogP) is 1.63. The number of aromatic nitrogens is 1. The van der Waals surface area contributed by atoms with Crippen LogP contribution < -0.4 is 11.1 Å². The molecule has 18 heavy (non-hydrogen) atoms. The van der Waals surface area contributed by atoms with E-state index in [2.05, 4.69) is 10.3 Å². The topological polar surface area (TPSA) is 68.0 Å². The maximum absolute atomic E-state index is 12.2. The summed E-state index contributed by atoms with van der Waals surface area (Å²) < 4.78 is 0. The van der Waals surface area contributed by atoms with Crippen LogP contribution in [0.15, 0.2) is 24.4 Å². The third kappa shape index (κ3) is 2.88. The summed E-state index contributed by atoms with van der Waals surface area (Å²) in [6, 6.07) is 5.70. The smallest absolute Gasteiger partial charge is 0.223 e. The van der Waals surface area contributed by atoms with Gasteiger partial charge in [0, 0.05) is 12.1 Å². The van der Waals surface area contributed by atoms with Gasteiger partial charge in [-0.25, -0.2) is 0 Å². The summed E-state index contributed by atoms with van der Waals surface area (Å²) in [5, 5.41) is 3.05. The van der Waals surface area contributed by atoms with Crippen LogP contribution in [0.3, 0.4) is 0 Å². The predicted molar refractivity (Wildman–Crippen MR) is 70.7 cm³/mol. The number of rotatable bonds is 4. The van der Waals surface area contributed by atoms with Gasteiger partial charge in [-0.3, -0.25) is 9.78 Å². The third-order valence-corrected chi connectivity index (χ3v) is 3.79. The molecule has 2 unspecified atom stereocenters. The maximum atomic E-state index is 12.2. The highest BCUT2D eigenvalue weighted by molar-refractivity contribution is 5.79. The molecule has 1 saturated carbocycles. The standard InChI is InChI=1S/C14H21N3O/c1-10(13-7-2-3-8-16-13)17-14(18)12-6-4-5-11(12)9-15/h2-3,7-8,10-12H,4-6,9,15H2,1H3,(H,17,18)/t10-,11?,12?/m0/s1. The lowest BCUT2D eigenvalue weighted by atomic mass is 9.95. The Labute approximate surface area is 108 Å². The summed E-state index contributed by atoms with van der Waals surface area (Å²) in [5.41, 5.74) is 6.61. The Hall–Kier alpha value is -1.42. The van der Waals surface area contributed by atoms with Crippen molar-refractivity contribution in [2.24, 2.45) is 17.6 Å². The van der Waals surface area contributed by atoms with Gasteiger partial charge in [-0.15, -0.1) is 0 Å². The second-order valence-corrected chi connectivity index (χ2v) is 5.02. The molecule has 98 valence electrons. The number of nitrogens with one attached hydrogen (secondary N) is 1. The van der Waals surface area contributed by atoms with Gasteiger partial charge in [-0.1, -0.05) is 12.5 Å². The normalized spacial score (nSPS) is 24.8. The number of carbonyl (C=O) groups is 1. The largest absolute Gasteiger partial charge is 0.348 e. The Balaban J connectivity index is 1.95. The summed E-state index contributed by atoms with van der Waals surface area (Å²) in [5.74, 6) is 0.559. The molecule has 1 aliphatic carbocycles. The summed E-state index contributed by atoms with van der Waals surface area (Å²) >= 11 is 0. The molecule has 1 heterocycles. The first-order valence-electron chi connectivity index (χ1n) is 6.63. The molecule has 0 bridgehead atoms. The van der Waals surface area contributed by atoms with E-state index >= 15 is 0 Å². The number of amides is 1. The van der Waals surface area contributed by atoms with Gasteiger partial charge in [0.2, 0.25) is 5.91 Å². The molecule has 0 aromatic carbocycles. The molecule has 3 atom stereocenters. The first-order valence-corrected chi connectivity index (χ1v) is 6.63. The van der Waals surface area contributed by atoms with E-state index in [4.69, 9.17) is 5.73 Å². The van der Waals surface area contributed by atoms with Crippen molar-refractivity contribution in [2.45, 2.75) is 32.2 Å².